The van der Waals surface area contributed by atoms with Gasteiger partial charge in [-0.3, -0.25) is 9.80 Å². The zero-order valence-corrected chi connectivity index (χ0v) is 11.8. The van der Waals surface area contributed by atoms with Crippen molar-refractivity contribution in [1.82, 2.24) is 9.80 Å². The molecule has 0 saturated carbocycles. The van der Waals surface area contributed by atoms with E-state index in [9.17, 15) is 0 Å². The van der Waals surface area contributed by atoms with Crippen molar-refractivity contribution in [3.8, 4) is 0 Å². The SMILES string of the molecule is C=C/C=C\C=C(/C=C)C1CN(C)CN1CCCC. The van der Waals surface area contributed by atoms with Gasteiger partial charge in [-0.05, 0) is 19.0 Å². The Morgan fingerprint density at radius 2 is 2.11 bits per heavy atom. The van der Waals surface area contributed by atoms with E-state index in [1.54, 1.807) is 6.08 Å². The summed E-state index contributed by atoms with van der Waals surface area (Å²) in [5.41, 5.74) is 1.30. The first kappa shape index (κ1) is 14.9. The van der Waals surface area contributed by atoms with Crippen molar-refractivity contribution in [3.05, 3.63) is 49.1 Å². The molecule has 1 atom stereocenters. The van der Waals surface area contributed by atoms with Gasteiger partial charge in [0.1, 0.15) is 0 Å². The summed E-state index contributed by atoms with van der Waals surface area (Å²) in [7, 11) is 2.18. The third-order valence-electron chi connectivity index (χ3n) is 3.30. The van der Waals surface area contributed by atoms with Crippen LogP contribution in [0, 0.1) is 0 Å². The van der Waals surface area contributed by atoms with Crippen molar-refractivity contribution in [2.24, 2.45) is 0 Å². The highest BCUT2D eigenvalue weighted by Gasteiger charge is 2.28. The van der Waals surface area contributed by atoms with Crippen LogP contribution in [0.5, 0.6) is 0 Å². The molecule has 100 valence electrons. The van der Waals surface area contributed by atoms with Crippen molar-refractivity contribution >= 4 is 0 Å². The standard InChI is InChI=1S/C16H26N2/c1-5-8-10-11-15(7-3)16-13-17(4)14-18(16)12-9-6-2/h5,7-8,10-11,16H,1,3,6,9,12-14H2,2,4H3/b10-8-,15-11+. The van der Waals surface area contributed by atoms with Gasteiger partial charge in [-0.2, -0.15) is 0 Å². The van der Waals surface area contributed by atoms with Crippen LogP contribution in [-0.2, 0) is 0 Å². The number of hydrogen-bond acceptors (Lipinski definition) is 2. The molecule has 1 aliphatic heterocycles. The molecule has 0 spiro atoms. The van der Waals surface area contributed by atoms with Gasteiger partial charge < -0.3 is 0 Å². The normalized spacial score (nSPS) is 22.8. The monoisotopic (exact) mass is 246 g/mol. The Hall–Kier alpha value is -1.12. The maximum atomic E-state index is 3.95. The number of likely N-dealkylation sites (N-methyl/N-ethyl adjacent to an activating group) is 1. The lowest BCUT2D eigenvalue weighted by Gasteiger charge is -2.23. The van der Waals surface area contributed by atoms with Crippen LogP contribution in [-0.4, -0.2) is 42.6 Å². The quantitative estimate of drug-likeness (QED) is 0.636. The van der Waals surface area contributed by atoms with Crippen LogP contribution in [0.4, 0.5) is 0 Å². The summed E-state index contributed by atoms with van der Waals surface area (Å²) in [6, 6.07) is 0.480. The van der Waals surface area contributed by atoms with Crippen LogP contribution < -0.4 is 0 Å². The summed E-state index contributed by atoms with van der Waals surface area (Å²) >= 11 is 0. The smallest absolute Gasteiger partial charge is 0.0510 e. The zero-order valence-electron chi connectivity index (χ0n) is 11.8. The summed E-state index contributed by atoms with van der Waals surface area (Å²) in [6.45, 7) is 13.2. The molecule has 1 heterocycles. The topological polar surface area (TPSA) is 6.48 Å². The number of nitrogens with zero attached hydrogens (tertiary/aromatic N) is 2. The van der Waals surface area contributed by atoms with Crippen molar-refractivity contribution in [3.63, 3.8) is 0 Å². The minimum atomic E-state index is 0.480. The molecule has 0 radical (unpaired) electrons. The van der Waals surface area contributed by atoms with E-state index in [0.29, 0.717) is 6.04 Å². The fourth-order valence-electron chi connectivity index (χ4n) is 2.34. The first-order chi connectivity index (χ1) is 8.72. The average molecular weight is 246 g/mol. The molecule has 0 aromatic carbocycles. The fourth-order valence-corrected chi connectivity index (χ4v) is 2.34. The van der Waals surface area contributed by atoms with Crippen LogP contribution in [0.3, 0.4) is 0 Å². The lowest BCUT2D eigenvalue weighted by molar-refractivity contribution is 0.248. The van der Waals surface area contributed by atoms with Crippen LogP contribution in [0.25, 0.3) is 0 Å². The van der Waals surface area contributed by atoms with E-state index in [1.807, 2.05) is 18.2 Å². The second-order valence-electron chi connectivity index (χ2n) is 4.85. The van der Waals surface area contributed by atoms with Crippen LogP contribution in [0.1, 0.15) is 19.8 Å². The van der Waals surface area contributed by atoms with Gasteiger partial charge in [0.2, 0.25) is 0 Å². The van der Waals surface area contributed by atoms with Gasteiger partial charge in [-0.25, -0.2) is 0 Å². The Morgan fingerprint density at radius 1 is 1.33 bits per heavy atom. The van der Waals surface area contributed by atoms with Gasteiger partial charge in [-0.15, -0.1) is 0 Å². The molecule has 0 aromatic rings. The Bertz CT molecular complexity index is 328. The van der Waals surface area contributed by atoms with E-state index in [0.717, 1.165) is 13.2 Å². The highest BCUT2D eigenvalue weighted by Crippen LogP contribution is 2.20. The van der Waals surface area contributed by atoms with Crippen LogP contribution in [0.2, 0.25) is 0 Å². The van der Waals surface area contributed by atoms with Crippen molar-refractivity contribution in [2.45, 2.75) is 25.8 Å². The average Bonchev–Trinajstić information content (AvgIpc) is 2.73. The van der Waals surface area contributed by atoms with Gasteiger partial charge in [0, 0.05) is 19.1 Å². The summed E-state index contributed by atoms with van der Waals surface area (Å²) < 4.78 is 0. The Kier molecular flexibility index (Phi) is 6.69. The highest BCUT2D eigenvalue weighted by atomic mass is 15.4. The third kappa shape index (κ3) is 4.28. The maximum Gasteiger partial charge on any atom is 0.0510 e. The molecule has 0 N–H and O–H groups in total. The number of hydrogen-bond donors (Lipinski definition) is 0. The molecule has 1 fully saturated rings. The molecule has 2 nitrogen and oxygen atoms in total. The molecule has 0 aliphatic carbocycles. The molecule has 0 aromatic heterocycles. The van der Waals surface area contributed by atoms with Gasteiger partial charge in [0.25, 0.3) is 0 Å². The molecule has 18 heavy (non-hydrogen) atoms. The van der Waals surface area contributed by atoms with Crippen molar-refractivity contribution < 1.29 is 0 Å². The Morgan fingerprint density at radius 3 is 2.72 bits per heavy atom. The lowest BCUT2D eigenvalue weighted by Crippen LogP contribution is -2.32. The Labute approximate surface area is 112 Å². The zero-order chi connectivity index (χ0) is 13.4. The van der Waals surface area contributed by atoms with Crippen LogP contribution in [0.15, 0.2) is 49.1 Å². The predicted octanol–water partition coefficient (Wildman–Crippen LogP) is 3.21. The maximum absolute atomic E-state index is 3.95. The summed E-state index contributed by atoms with van der Waals surface area (Å²) in [5, 5.41) is 0. The molecule has 0 amide bonds. The molecule has 0 bridgehead atoms. The summed E-state index contributed by atoms with van der Waals surface area (Å²) in [4.78, 5) is 4.91. The lowest BCUT2D eigenvalue weighted by atomic mass is 10.1. The summed E-state index contributed by atoms with van der Waals surface area (Å²) in [6.07, 6.45) is 12.4. The van der Waals surface area contributed by atoms with Gasteiger partial charge in [0.15, 0.2) is 0 Å². The van der Waals surface area contributed by atoms with Crippen molar-refractivity contribution in [1.29, 1.82) is 0 Å². The minimum absolute atomic E-state index is 0.480. The Balaban J connectivity index is 2.75. The first-order valence-corrected chi connectivity index (χ1v) is 6.77. The van der Waals surface area contributed by atoms with Gasteiger partial charge >= 0.3 is 0 Å². The summed E-state index contributed by atoms with van der Waals surface area (Å²) in [5.74, 6) is 0. The van der Waals surface area contributed by atoms with E-state index in [-0.39, 0.29) is 0 Å². The molecule has 1 aliphatic rings. The van der Waals surface area contributed by atoms with E-state index in [2.05, 4.69) is 43.0 Å². The van der Waals surface area contributed by atoms with Crippen LogP contribution >= 0.6 is 0 Å². The molecule has 1 rings (SSSR count). The van der Waals surface area contributed by atoms with E-state index < -0.39 is 0 Å². The van der Waals surface area contributed by atoms with E-state index in [4.69, 9.17) is 0 Å². The minimum Gasteiger partial charge on any atom is -0.292 e. The largest absolute Gasteiger partial charge is 0.292 e. The van der Waals surface area contributed by atoms with Gasteiger partial charge in [0.05, 0.1) is 6.67 Å². The number of rotatable bonds is 7. The fraction of sp³-hybridized carbons (Fsp3) is 0.500. The third-order valence-corrected chi connectivity index (χ3v) is 3.30. The molecular weight excluding hydrogens is 220 g/mol. The van der Waals surface area contributed by atoms with Crippen molar-refractivity contribution in [2.75, 3.05) is 26.8 Å². The number of allylic oxidation sites excluding steroid dienone is 4. The van der Waals surface area contributed by atoms with E-state index >= 15 is 0 Å². The highest BCUT2D eigenvalue weighted by molar-refractivity contribution is 5.29. The first-order valence-electron chi connectivity index (χ1n) is 6.77. The molecule has 1 unspecified atom stereocenters. The second-order valence-corrected chi connectivity index (χ2v) is 4.85. The molecular formula is C16H26N2. The predicted molar refractivity (Wildman–Crippen MR) is 80.5 cm³/mol. The van der Waals surface area contributed by atoms with Gasteiger partial charge in [-0.1, -0.05) is 56.9 Å². The molecule has 2 heteroatoms. The molecule has 1 saturated heterocycles. The number of unbranched alkanes of at least 4 members (excludes halogenated alkanes) is 1. The second kappa shape index (κ2) is 8.06. The van der Waals surface area contributed by atoms with E-state index in [1.165, 1.54) is 25.0 Å².